The lowest BCUT2D eigenvalue weighted by atomic mass is 10.2. The molecule has 0 saturated heterocycles. The van der Waals surface area contributed by atoms with Crippen LogP contribution in [0.25, 0.3) is 0 Å². The molecule has 0 aliphatic carbocycles. The number of hydrogen-bond donors (Lipinski definition) is 2. The molecule has 0 spiro atoms. The molecule has 140 valence electrons. The molecule has 0 aliphatic rings. The van der Waals surface area contributed by atoms with Crippen LogP contribution in [-0.4, -0.2) is 36.9 Å². The first kappa shape index (κ1) is 19.6. The lowest BCUT2D eigenvalue weighted by Gasteiger charge is -2.11. The number of rotatable bonds is 9. The third-order valence-electron chi connectivity index (χ3n) is 3.38. The molecule has 2 rings (SSSR count). The predicted molar refractivity (Wildman–Crippen MR) is 100 cm³/mol. The number of anilines is 3. The second-order valence-corrected chi connectivity index (χ2v) is 7.31. The van der Waals surface area contributed by atoms with E-state index in [4.69, 9.17) is 4.74 Å². The number of nitrogens with zero attached hydrogens (tertiary/aromatic N) is 2. The van der Waals surface area contributed by atoms with Crippen molar-refractivity contribution in [3.05, 3.63) is 42.0 Å². The molecule has 8 nitrogen and oxygen atoms in total. The molecule has 9 heteroatoms. The van der Waals surface area contributed by atoms with Crippen molar-refractivity contribution in [2.45, 2.75) is 26.7 Å². The first-order valence-corrected chi connectivity index (χ1v) is 9.97. The molecule has 1 aromatic carbocycles. The smallest absolute Gasteiger partial charge is 0.340 e. The number of unbranched alkanes of at least 4 members (excludes halogenated alkanes) is 1. The van der Waals surface area contributed by atoms with Crippen molar-refractivity contribution >= 4 is 33.3 Å². The van der Waals surface area contributed by atoms with E-state index in [-0.39, 0.29) is 18.2 Å². The molecule has 1 heterocycles. The SMILES string of the molecule is CCCCS(=O)(=O)Nc1ccc(Nc2ccccc2C(=O)OCC)nn1. The molecule has 1 aromatic heterocycles. The van der Waals surface area contributed by atoms with E-state index in [1.54, 1.807) is 37.3 Å². The van der Waals surface area contributed by atoms with Crippen molar-refractivity contribution in [1.29, 1.82) is 0 Å². The molecule has 2 aromatic rings. The lowest BCUT2D eigenvalue weighted by molar-refractivity contribution is 0.0527. The summed E-state index contributed by atoms with van der Waals surface area (Å²) in [5.74, 6) is 0.116. The van der Waals surface area contributed by atoms with Crippen molar-refractivity contribution in [3.8, 4) is 0 Å². The molecular formula is C17H22N4O4S. The summed E-state index contributed by atoms with van der Waals surface area (Å²) in [6, 6.07) is 9.95. The Morgan fingerprint density at radius 2 is 1.77 bits per heavy atom. The van der Waals surface area contributed by atoms with Crippen LogP contribution in [-0.2, 0) is 14.8 Å². The number of carbonyl (C=O) groups is 1. The number of para-hydroxylation sites is 1. The minimum absolute atomic E-state index is 0.0398. The van der Waals surface area contributed by atoms with Crippen LogP contribution in [0.1, 0.15) is 37.0 Å². The second kappa shape index (κ2) is 9.14. The Kier molecular flexibility index (Phi) is 6.90. The Morgan fingerprint density at radius 1 is 1.08 bits per heavy atom. The van der Waals surface area contributed by atoms with Gasteiger partial charge >= 0.3 is 5.97 Å². The van der Waals surface area contributed by atoms with E-state index >= 15 is 0 Å². The average molecular weight is 378 g/mol. The topological polar surface area (TPSA) is 110 Å². The summed E-state index contributed by atoms with van der Waals surface area (Å²) >= 11 is 0. The van der Waals surface area contributed by atoms with Gasteiger partial charge in [-0.15, -0.1) is 10.2 Å². The highest BCUT2D eigenvalue weighted by atomic mass is 32.2. The van der Waals surface area contributed by atoms with Gasteiger partial charge in [-0.2, -0.15) is 0 Å². The molecule has 0 unspecified atom stereocenters. The highest BCUT2D eigenvalue weighted by Crippen LogP contribution is 2.20. The number of aromatic nitrogens is 2. The molecule has 0 atom stereocenters. The van der Waals surface area contributed by atoms with Crippen molar-refractivity contribution in [2.75, 3.05) is 22.4 Å². The van der Waals surface area contributed by atoms with Crippen molar-refractivity contribution in [3.63, 3.8) is 0 Å². The van der Waals surface area contributed by atoms with Crippen molar-refractivity contribution in [2.24, 2.45) is 0 Å². The largest absolute Gasteiger partial charge is 0.462 e. The van der Waals surface area contributed by atoms with Gasteiger partial charge < -0.3 is 10.1 Å². The number of sulfonamides is 1. The zero-order chi connectivity index (χ0) is 19.0. The van der Waals surface area contributed by atoms with Crippen LogP contribution in [0, 0.1) is 0 Å². The number of carbonyl (C=O) groups excluding carboxylic acids is 1. The summed E-state index contributed by atoms with van der Waals surface area (Å²) in [4.78, 5) is 12.0. The average Bonchev–Trinajstić information content (AvgIpc) is 2.62. The fraction of sp³-hybridized carbons (Fsp3) is 0.353. The van der Waals surface area contributed by atoms with Crippen LogP contribution >= 0.6 is 0 Å². The fourth-order valence-electron chi connectivity index (χ4n) is 2.12. The molecule has 0 saturated carbocycles. The maximum absolute atomic E-state index is 12.0. The van der Waals surface area contributed by atoms with Crippen LogP contribution in [0.5, 0.6) is 0 Å². The van der Waals surface area contributed by atoms with Gasteiger partial charge in [-0.1, -0.05) is 25.5 Å². The summed E-state index contributed by atoms with van der Waals surface area (Å²) in [7, 11) is -3.43. The van der Waals surface area contributed by atoms with Gasteiger partial charge in [-0.25, -0.2) is 13.2 Å². The normalized spacial score (nSPS) is 11.0. The van der Waals surface area contributed by atoms with Gasteiger partial charge in [0.25, 0.3) is 0 Å². The maximum Gasteiger partial charge on any atom is 0.340 e. The van der Waals surface area contributed by atoms with E-state index in [1.165, 1.54) is 6.07 Å². The Balaban J connectivity index is 2.10. The fourth-order valence-corrected chi connectivity index (χ4v) is 3.31. The Morgan fingerprint density at radius 3 is 2.42 bits per heavy atom. The molecule has 0 fully saturated rings. The molecular weight excluding hydrogens is 356 g/mol. The van der Waals surface area contributed by atoms with Crippen LogP contribution in [0.3, 0.4) is 0 Å². The molecule has 0 aliphatic heterocycles. The Labute approximate surface area is 153 Å². The Bertz CT molecular complexity index is 838. The van der Waals surface area contributed by atoms with E-state index in [2.05, 4.69) is 20.2 Å². The standard InChI is InChI=1S/C17H22N4O4S/c1-3-5-12-26(23,24)21-16-11-10-15(19-20-16)18-14-9-7-6-8-13(14)17(22)25-4-2/h6-11H,3-5,12H2,1-2H3,(H,18,19)(H,20,21). The quantitative estimate of drug-likeness (QED) is 0.645. The predicted octanol–water partition coefficient (Wildman–Crippen LogP) is 2.94. The van der Waals surface area contributed by atoms with Crippen LogP contribution < -0.4 is 10.0 Å². The third-order valence-corrected chi connectivity index (χ3v) is 4.72. The summed E-state index contributed by atoms with van der Waals surface area (Å²) in [6.07, 6.45) is 1.36. The monoisotopic (exact) mass is 378 g/mol. The van der Waals surface area contributed by atoms with Gasteiger partial charge in [0.05, 0.1) is 23.6 Å². The molecule has 0 bridgehead atoms. The summed E-state index contributed by atoms with van der Waals surface area (Å²) in [6.45, 7) is 3.93. The zero-order valence-electron chi connectivity index (χ0n) is 14.7. The number of hydrogen-bond acceptors (Lipinski definition) is 7. The van der Waals surface area contributed by atoms with E-state index in [9.17, 15) is 13.2 Å². The molecule has 2 N–H and O–H groups in total. The van der Waals surface area contributed by atoms with E-state index in [1.807, 2.05) is 6.92 Å². The van der Waals surface area contributed by atoms with Crippen LogP contribution in [0.15, 0.2) is 36.4 Å². The van der Waals surface area contributed by atoms with Gasteiger partial charge in [0.2, 0.25) is 10.0 Å². The number of esters is 1. The highest BCUT2D eigenvalue weighted by Gasteiger charge is 2.13. The lowest BCUT2D eigenvalue weighted by Crippen LogP contribution is -2.17. The maximum atomic E-state index is 12.0. The van der Waals surface area contributed by atoms with Gasteiger partial charge in [-0.3, -0.25) is 4.72 Å². The van der Waals surface area contributed by atoms with Crippen molar-refractivity contribution < 1.29 is 17.9 Å². The van der Waals surface area contributed by atoms with Crippen molar-refractivity contribution in [1.82, 2.24) is 10.2 Å². The molecule has 0 radical (unpaired) electrons. The van der Waals surface area contributed by atoms with E-state index in [0.717, 1.165) is 6.42 Å². The van der Waals surface area contributed by atoms with E-state index < -0.39 is 16.0 Å². The highest BCUT2D eigenvalue weighted by molar-refractivity contribution is 7.92. The molecule has 0 amide bonds. The number of benzene rings is 1. The third kappa shape index (κ3) is 5.69. The minimum atomic E-state index is -3.43. The Hall–Kier alpha value is -2.68. The first-order valence-electron chi connectivity index (χ1n) is 8.32. The van der Waals surface area contributed by atoms with Gasteiger partial charge in [0, 0.05) is 0 Å². The summed E-state index contributed by atoms with van der Waals surface area (Å²) < 4.78 is 31.1. The van der Waals surface area contributed by atoms with Crippen LogP contribution in [0.4, 0.5) is 17.3 Å². The number of ether oxygens (including phenoxy) is 1. The number of nitrogens with one attached hydrogen (secondary N) is 2. The van der Waals surface area contributed by atoms with Gasteiger partial charge in [0.1, 0.15) is 0 Å². The van der Waals surface area contributed by atoms with Gasteiger partial charge in [-0.05, 0) is 37.6 Å². The summed E-state index contributed by atoms with van der Waals surface area (Å²) in [5.41, 5.74) is 0.900. The zero-order valence-corrected chi connectivity index (χ0v) is 15.5. The van der Waals surface area contributed by atoms with E-state index in [0.29, 0.717) is 23.5 Å². The first-order chi connectivity index (χ1) is 12.4. The second-order valence-electron chi connectivity index (χ2n) is 5.47. The minimum Gasteiger partial charge on any atom is -0.462 e. The van der Waals surface area contributed by atoms with Gasteiger partial charge in [0.15, 0.2) is 11.6 Å². The summed E-state index contributed by atoms with van der Waals surface area (Å²) in [5, 5.41) is 10.8. The van der Waals surface area contributed by atoms with Crippen LogP contribution in [0.2, 0.25) is 0 Å². The molecule has 26 heavy (non-hydrogen) atoms.